The molecular weight excluding hydrogens is 396 g/mol. The van der Waals surface area contributed by atoms with Gasteiger partial charge in [0.1, 0.15) is 5.58 Å². The number of nitrogens with two attached hydrogens (primary N) is 1. The number of amides is 1. The van der Waals surface area contributed by atoms with Gasteiger partial charge in [0.05, 0.1) is 4.90 Å². The normalized spacial score (nSPS) is 12.5. The molecular formula is C20H20N2O6S. The number of benzene rings is 2. The summed E-state index contributed by atoms with van der Waals surface area (Å²) in [5, 5.41) is 8.49. The van der Waals surface area contributed by atoms with Crippen LogP contribution < -0.4 is 10.5 Å². The van der Waals surface area contributed by atoms with Gasteiger partial charge in [-0.1, -0.05) is 30.3 Å². The molecule has 3 N–H and O–H groups in total. The minimum Gasteiger partial charge on any atom is -0.449 e. The van der Waals surface area contributed by atoms with Gasteiger partial charge in [-0.05, 0) is 43.2 Å². The van der Waals surface area contributed by atoms with E-state index in [1.807, 2.05) is 6.07 Å². The molecule has 0 fully saturated rings. The van der Waals surface area contributed by atoms with Crippen molar-refractivity contribution in [3.05, 3.63) is 65.9 Å². The lowest BCUT2D eigenvalue weighted by Crippen LogP contribution is -2.36. The first kappa shape index (κ1) is 20.6. The Kier molecular flexibility index (Phi) is 6.00. The minimum absolute atomic E-state index is 0.0245. The lowest BCUT2D eigenvalue weighted by atomic mass is 10.1. The molecule has 152 valence electrons. The monoisotopic (exact) mass is 416 g/mol. The van der Waals surface area contributed by atoms with Crippen LogP contribution in [0.2, 0.25) is 0 Å². The Bertz CT molecular complexity index is 1100. The lowest BCUT2D eigenvalue weighted by Gasteiger charge is -2.12. The second kappa shape index (κ2) is 8.46. The number of ether oxygens (including phenoxy) is 1. The summed E-state index contributed by atoms with van der Waals surface area (Å²) < 4.78 is 33.1. The number of para-hydroxylation sites is 1. The second-order valence-corrected chi connectivity index (χ2v) is 7.99. The summed E-state index contributed by atoms with van der Waals surface area (Å²) in [6.45, 7) is 1.76. The van der Waals surface area contributed by atoms with Crippen LogP contribution in [0.5, 0.6) is 0 Å². The average Bonchev–Trinajstić information content (AvgIpc) is 3.12. The molecule has 29 heavy (non-hydrogen) atoms. The van der Waals surface area contributed by atoms with Crippen LogP contribution in [0.1, 0.15) is 23.0 Å². The smallest absolute Gasteiger partial charge is 0.375 e. The highest BCUT2D eigenvalue weighted by Crippen LogP contribution is 2.19. The van der Waals surface area contributed by atoms with Crippen molar-refractivity contribution in [1.29, 1.82) is 0 Å². The molecule has 3 aromatic rings. The topological polar surface area (TPSA) is 129 Å². The number of carbonyl (C=O) groups is 2. The van der Waals surface area contributed by atoms with Crippen LogP contribution in [0, 0.1) is 0 Å². The van der Waals surface area contributed by atoms with E-state index in [4.69, 9.17) is 14.3 Å². The largest absolute Gasteiger partial charge is 0.449 e. The van der Waals surface area contributed by atoms with Gasteiger partial charge in [0.15, 0.2) is 6.10 Å². The zero-order chi connectivity index (χ0) is 21.0. The first-order valence-electron chi connectivity index (χ1n) is 8.83. The van der Waals surface area contributed by atoms with Gasteiger partial charge in [-0.25, -0.2) is 18.4 Å². The summed E-state index contributed by atoms with van der Waals surface area (Å²) >= 11 is 0. The highest BCUT2D eigenvalue weighted by Gasteiger charge is 2.21. The predicted octanol–water partition coefficient (Wildman–Crippen LogP) is 1.98. The molecule has 9 heteroatoms. The van der Waals surface area contributed by atoms with Crippen molar-refractivity contribution in [3.63, 3.8) is 0 Å². The number of furan rings is 1. The van der Waals surface area contributed by atoms with E-state index >= 15 is 0 Å². The number of esters is 1. The molecule has 0 aliphatic carbocycles. The summed E-state index contributed by atoms with van der Waals surface area (Å²) in [5.41, 5.74) is 1.38. The van der Waals surface area contributed by atoms with Gasteiger partial charge >= 0.3 is 5.97 Å². The van der Waals surface area contributed by atoms with E-state index in [0.717, 1.165) is 10.9 Å². The maximum atomic E-state index is 12.2. The van der Waals surface area contributed by atoms with Gasteiger partial charge in [0.25, 0.3) is 5.91 Å². The van der Waals surface area contributed by atoms with Crippen molar-refractivity contribution < 1.29 is 27.2 Å². The van der Waals surface area contributed by atoms with Crippen molar-refractivity contribution in [2.75, 3.05) is 6.54 Å². The number of nitrogens with one attached hydrogen (secondary N) is 1. The van der Waals surface area contributed by atoms with Gasteiger partial charge < -0.3 is 14.5 Å². The third kappa shape index (κ3) is 5.21. The minimum atomic E-state index is -3.73. The fourth-order valence-corrected chi connectivity index (χ4v) is 3.19. The van der Waals surface area contributed by atoms with E-state index in [0.29, 0.717) is 18.5 Å². The Morgan fingerprint density at radius 1 is 1.14 bits per heavy atom. The van der Waals surface area contributed by atoms with E-state index in [1.165, 1.54) is 19.1 Å². The number of hydrogen-bond donors (Lipinski definition) is 2. The number of primary sulfonamides is 1. The van der Waals surface area contributed by atoms with Crippen LogP contribution in [0.4, 0.5) is 0 Å². The summed E-state index contributed by atoms with van der Waals surface area (Å²) in [5.74, 6) is -1.14. The van der Waals surface area contributed by atoms with Crippen molar-refractivity contribution >= 4 is 32.9 Å². The van der Waals surface area contributed by atoms with Gasteiger partial charge in [-0.3, -0.25) is 4.79 Å². The van der Waals surface area contributed by atoms with Crippen LogP contribution in [0.3, 0.4) is 0 Å². The molecule has 8 nitrogen and oxygen atoms in total. The van der Waals surface area contributed by atoms with Crippen LogP contribution >= 0.6 is 0 Å². The summed E-state index contributed by atoms with van der Waals surface area (Å²) in [6.07, 6.45) is -0.526. The first-order valence-corrected chi connectivity index (χ1v) is 10.4. The number of hydrogen-bond acceptors (Lipinski definition) is 6. The SMILES string of the molecule is C[C@H](OC(=O)c1cc2ccccc2o1)C(=O)NCCc1ccc(S(N)(=O)=O)cc1. The van der Waals surface area contributed by atoms with Crippen molar-refractivity contribution in [3.8, 4) is 0 Å². The van der Waals surface area contributed by atoms with Gasteiger partial charge in [0, 0.05) is 11.9 Å². The first-order chi connectivity index (χ1) is 13.7. The molecule has 0 saturated heterocycles. The molecule has 0 saturated carbocycles. The molecule has 1 atom stereocenters. The Hall–Kier alpha value is -3.17. The number of fused-ring (bicyclic) bond motifs is 1. The molecule has 0 radical (unpaired) electrons. The molecule has 1 aromatic heterocycles. The highest BCUT2D eigenvalue weighted by atomic mass is 32.2. The average molecular weight is 416 g/mol. The van der Waals surface area contributed by atoms with Gasteiger partial charge in [-0.15, -0.1) is 0 Å². The molecule has 0 spiro atoms. The lowest BCUT2D eigenvalue weighted by molar-refractivity contribution is -0.129. The van der Waals surface area contributed by atoms with Crippen LogP contribution in [0.15, 0.2) is 63.9 Å². The third-order valence-electron chi connectivity index (χ3n) is 4.24. The standard InChI is InChI=1S/C20H20N2O6S/c1-13(27-20(24)18-12-15-4-2-3-5-17(15)28-18)19(23)22-11-10-14-6-8-16(9-7-14)29(21,25)26/h2-9,12-13H,10-11H2,1H3,(H,22,23)(H2,21,25,26)/t13-/m0/s1. The predicted molar refractivity (Wildman–Crippen MR) is 106 cm³/mol. The number of sulfonamides is 1. The fourth-order valence-electron chi connectivity index (χ4n) is 2.67. The van der Waals surface area contributed by atoms with Crippen LogP contribution in [0.25, 0.3) is 11.0 Å². The molecule has 1 amide bonds. The van der Waals surface area contributed by atoms with Crippen molar-refractivity contribution in [1.82, 2.24) is 5.32 Å². The summed E-state index contributed by atoms with van der Waals surface area (Å²) in [7, 11) is -3.73. The van der Waals surface area contributed by atoms with Gasteiger partial charge in [-0.2, -0.15) is 0 Å². The van der Waals surface area contributed by atoms with Crippen molar-refractivity contribution in [2.45, 2.75) is 24.3 Å². The van der Waals surface area contributed by atoms with Crippen LogP contribution in [-0.2, 0) is 26.0 Å². The number of carbonyl (C=O) groups excluding carboxylic acids is 2. The molecule has 1 heterocycles. The molecule has 0 bridgehead atoms. The fraction of sp³-hybridized carbons (Fsp3) is 0.200. The number of rotatable bonds is 7. The zero-order valence-electron chi connectivity index (χ0n) is 15.6. The molecule has 0 aliphatic heterocycles. The Balaban J connectivity index is 1.49. The Labute approximate surface area is 167 Å². The van der Waals surface area contributed by atoms with Crippen LogP contribution in [-0.4, -0.2) is 32.9 Å². The Morgan fingerprint density at radius 3 is 2.48 bits per heavy atom. The summed E-state index contributed by atoms with van der Waals surface area (Å²) in [6, 6.07) is 14.8. The van der Waals surface area contributed by atoms with Gasteiger partial charge in [0.2, 0.25) is 15.8 Å². The van der Waals surface area contributed by atoms with E-state index in [1.54, 1.807) is 36.4 Å². The third-order valence-corrected chi connectivity index (χ3v) is 5.17. The van der Waals surface area contributed by atoms with Crippen molar-refractivity contribution in [2.24, 2.45) is 5.14 Å². The molecule has 0 aliphatic rings. The quantitative estimate of drug-likeness (QED) is 0.567. The molecule has 0 unspecified atom stereocenters. The second-order valence-electron chi connectivity index (χ2n) is 6.43. The maximum absolute atomic E-state index is 12.2. The Morgan fingerprint density at radius 2 is 1.83 bits per heavy atom. The highest BCUT2D eigenvalue weighted by molar-refractivity contribution is 7.89. The zero-order valence-corrected chi connectivity index (χ0v) is 16.4. The summed E-state index contributed by atoms with van der Waals surface area (Å²) in [4.78, 5) is 24.3. The van der Waals surface area contributed by atoms with E-state index in [2.05, 4.69) is 5.32 Å². The van der Waals surface area contributed by atoms with E-state index < -0.39 is 28.0 Å². The van der Waals surface area contributed by atoms with E-state index in [-0.39, 0.29) is 10.7 Å². The maximum Gasteiger partial charge on any atom is 0.375 e. The molecule has 2 aromatic carbocycles. The molecule has 3 rings (SSSR count). The van der Waals surface area contributed by atoms with E-state index in [9.17, 15) is 18.0 Å².